The van der Waals surface area contributed by atoms with Crippen LogP contribution in [-0.4, -0.2) is 77.4 Å². The summed E-state index contributed by atoms with van der Waals surface area (Å²) in [5, 5.41) is 14.3. The summed E-state index contributed by atoms with van der Waals surface area (Å²) in [4.78, 5) is 46.5. The summed E-state index contributed by atoms with van der Waals surface area (Å²) in [6.07, 6.45) is 0.954. The number of esters is 1. The Hall–Kier alpha value is -1.70. The highest BCUT2D eigenvalue weighted by Gasteiger charge is 2.24. The van der Waals surface area contributed by atoms with Crippen molar-refractivity contribution in [3.05, 3.63) is 0 Å². The van der Waals surface area contributed by atoms with Gasteiger partial charge < -0.3 is 36.7 Å². The second-order valence-electron chi connectivity index (χ2n) is 7.86. The second kappa shape index (κ2) is 16.0. The van der Waals surface area contributed by atoms with E-state index in [0.717, 1.165) is 0 Å². The van der Waals surface area contributed by atoms with Gasteiger partial charge in [0.05, 0.1) is 12.6 Å². The van der Waals surface area contributed by atoms with Gasteiger partial charge in [-0.15, -0.1) is 0 Å². The molecule has 0 aromatic carbocycles. The van der Waals surface area contributed by atoms with Crippen molar-refractivity contribution >= 4 is 45.5 Å². The van der Waals surface area contributed by atoms with Gasteiger partial charge in [0.15, 0.2) is 0 Å². The molecule has 32 heavy (non-hydrogen) atoms. The molecule has 0 radical (unpaired) electrons. The Morgan fingerprint density at radius 3 is 2.22 bits per heavy atom. The number of rotatable bonds is 15. The van der Waals surface area contributed by atoms with Crippen LogP contribution in [0.25, 0.3) is 0 Å². The number of hydrogen-bond acceptors (Lipinski definition) is 10. The predicted molar refractivity (Wildman–Crippen MR) is 125 cm³/mol. The van der Waals surface area contributed by atoms with E-state index >= 15 is 0 Å². The number of nitrogens with one attached hydrogen (secondary N) is 2. The van der Waals surface area contributed by atoms with Crippen molar-refractivity contribution in [2.75, 3.05) is 24.7 Å². The number of unbranched alkanes of at least 4 members (excludes halogenated alkanes) is 1. The predicted octanol–water partition coefficient (Wildman–Crippen LogP) is 0.850. The minimum Gasteiger partial charge on any atom is -0.480 e. The fourth-order valence-electron chi connectivity index (χ4n) is 2.14. The molecule has 2 amide bonds. The number of alkyl carbamates (subject to hydrolysis) is 1. The molecule has 7 N–H and O–H groups in total. The maximum Gasteiger partial charge on any atom is 0.408 e. The van der Waals surface area contributed by atoms with E-state index in [1.807, 2.05) is 0 Å². The molecule has 0 bridgehead atoms. The van der Waals surface area contributed by atoms with Gasteiger partial charge in [-0.3, -0.25) is 9.59 Å². The first-order valence-corrected chi connectivity index (χ1v) is 12.8. The standard InChI is InChI=1S/C19H36N4O7S2/c1-5-29-17(27)12(20)8-6-7-9-22-15(24)13(21)10-31-32-11-14(16(25)26)23-18(28)30-19(2,3)4/h12-14H,5-11,20-21H2,1-4H3,(H,22,24)(H,23,28)(H,25,26)/t12-,13-,14-/m0/s1. The number of amides is 2. The number of carbonyl (C=O) groups excluding carboxylic acids is 3. The van der Waals surface area contributed by atoms with Crippen LogP contribution in [0, 0.1) is 0 Å². The van der Waals surface area contributed by atoms with Gasteiger partial charge in [-0.1, -0.05) is 21.6 Å². The van der Waals surface area contributed by atoms with Crippen molar-refractivity contribution < 1.29 is 33.8 Å². The summed E-state index contributed by atoms with van der Waals surface area (Å²) in [6.45, 7) is 7.44. The lowest BCUT2D eigenvalue weighted by molar-refractivity contribution is -0.145. The van der Waals surface area contributed by atoms with Gasteiger partial charge in [-0.05, 0) is 47.0 Å². The highest BCUT2D eigenvalue weighted by Crippen LogP contribution is 2.23. The quantitative estimate of drug-likeness (QED) is 0.123. The lowest BCUT2D eigenvalue weighted by atomic mass is 10.1. The molecule has 13 heteroatoms. The summed E-state index contributed by atoms with van der Waals surface area (Å²) in [6, 6.07) is -2.56. The van der Waals surface area contributed by atoms with Crippen molar-refractivity contribution in [1.82, 2.24) is 10.6 Å². The topological polar surface area (TPSA) is 183 Å². The Bertz CT molecular complexity index is 617. The van der Waals surface area contributed by atoms with E-state index < -0.39 is 41.8 Å². The maximum atomic E-state index is 12.0. The average Bonchev–Trinajstić information content (AvgIpc) is 2.67. The lowest BCUT2D eigenvalue weighted by Crippen LogP contribution is -2.45. The summed E-state index contributed by atoms with van der Waals surface area (Å²) in [5.41, 5.74) is 10.8. The number of carbonyl (C=O) groups is 4. The zero-order chi connectivity index (χ0) is 24.7. The number of hydrogen-bond donors (Lipinski definition) is 5. The molecule has 186 valence electrons. The summed E-state index contributed by atoms with van der Waals surface area (Å²) in [7, 11) is 2.42. The van der Waals surface area contributed by atoms with E-state index in [0.29, 0.717) is 25.8 Å². The van der Waals surface area contributed by atoms with Crippen molar-refractivity contribution in [2.45, 2.75) is 70.7 Å². The lowest BCUT2D eigenvalue weighted by Gasteiger charge is -2.21. The van der Waals surface area contributed by atoms with Crippen LogP contribution in [0.2, 0.25) is 0 Å². The molecule has 0 fully saturated rings. The highest BCUT2D eigenvalue weighted by atomic mass is 33.1. The third-order valence-electron chi connectivity index (χ3n) is 3.72. The number of ether oxygens (including phenoxy) is 2. The second-order valence-corrected chi connectivity index (χ2v) is 10.4. The normalized spacial score (nSPS) is 14.1. The smallest absolute Gasteiger partial charge is 0.408 e. The van der Waals surface area contributed by atoms with Crippen LogP contribution in [0.4, 0.5) is 4.79 Å². The zero-order valence-corrected chi connectivity index (χ0v) is 20.7. The summed E-state index contributed by atoms with van der Waals surface area (Å²) >= 11 is 0. The van der Waals surface area contributed by atoms with E-state index in [9.17, 15) is 24.3 Å². The first kappa shape index (κ1) is 30.3. The molecule has 0 aliphatic heterocycles. The Labute approximate surface area is 196 Å². The Kier molecular flexibility index (Phi) is 15.1. The van der Waals surface area contributed by atoms with Gasteiger partial charge in [-0.25, -0.2) is 9.59 Å². The molecule has 11 nitrogen and oxygen atoms in total. The molecule has 0 spiro atoms. The molecule has 0 saturated carbocycles. The Morgan fingerprint density at radius 2 is 1.66 bits per heavy atom. The molecule has 3 atom stereocenters. The third-order valence-corrected chi connectivity index (χ3v) is 6.17. The van der Waals surface area contributed by atoms with Crippen LogP contribution in [0.5, 0.6) is 0 Å². The molecular weight excluding hydrogens is 460 g/mol. The molecule has 0 heterocycles. The van der Waals surface area contributed by atoms with E-state index in [1.54, 1.807) is 27.7 Å². The molecule has 0 aromatic heterocycles. The van der Waals surface area contributed by atoms with Crippen LogP contribution in [0.3, 0.4) is 0 Å². The monoisotopic (exact) mass is 496 g/mol. The number of nitrogens with two attached hydrogens (primary N) is 2. The van der Waals surface area contributed by atoms with Gasteiger partial charge in [0, 0.05) is 18.1 Å². The van der Waals surface area contributed by atoms with Crippen LogP contribution < -0.4 is 22.1 Å². The minimum atomic E-state index is -1.19. The SMILES string of the molecule is CCOC(=O)[C@@H](N)CCCCNC(=O)[C@@H](N)CSSC[C@H](NC(=O)OC(C)(C)C)C(=O)O. The number of carboxylic acids is 1. The molecular formula is C19H36N4O7S2. The highest BCUT2D eigenvalue weighted by molar-refractivity contribution is 8.76. The van der Waals surface area contributed by atoms with Gasteiger partial charge >= 0.3 is 18.0 Å². The van der Waals surface area contributed by atoms with Crippen molar-refractivity contribution in [3.63, 3.8) is 0 Å². The summed E-state index contributed by atoms with van der Waals surface area (Å²) < 4.78 is 9.88. The van der Waals surface area contributed by atoms with Crippen molar-refractivity contribution in [1.29, 1.82) is 0 Å². The average molecular weight is 497 g/mol. The fourth-order valence-corrected chi connectivity index (χ4v) is 4.41. The molecule has 0 saturated heterocycles. The van der Waals surface area contributed by atoms with Crippen molar-refractivity contribution in [3.8, 4) is 0 Å². The van der Waals surface area contributed by atoms with Crippen molar-refractivity contribution in [2.24, 2.45) is 11.5 Å². The van der Waals surface area contributed by atoms with Gasteiger partial charge in [0.1, 0.15) is 17.7 Å². The van der Waals surface area contributed by atoms with Gasteiger partial charge in [0.25, 0.3) is 0 Å². The number of aliphatic carboxylic acids is 1. The van der Waals surface area contributed by atoms with Crippen LogP contribution in [-0.2, 0) is 23.9 Å². The molecule has 0 rings (SSSR count). The van der Waals surface area contributed by atoms with E-state index in [2.05, 4.69) is 10.6 Å². The zero-order valence-electron chi connectivity index (χ0n) is 19.0. The molecule has 0 aromatic rings. The first-order chi connectivity index (χ1) is 14.9. The fraction of sp³-hybridized carbons (Fsp3) is 0.789. The molecule has 0 aliphatic rings. The van der Waals surface area contributed by atoms with E-state index in [1.165, 1.54) is 21.6 Å². The first-order valence-electron chi connectivity index (χ1n) is 10.3. The van der Waals surface area contributed by atoms with Crippen LogP contribution >= 0.6 is 21.6 Å². The Morgan fingerprint density at radius 1 is 1.03 bits per heavy atom. The maximum absolute atomic E-state index is 12.0. The van der Waals surface area contributed by atoms with Crippen LogP contribution in [0.1, 0.15) is 47.0 Å². The minimum absolute atomic E-state index is 0.0777. The summed E-state index contributed by atoms with van der Waals surface area (Å²) in [5.74, 6) is -1.60. The van der Waals surface area contributed by atoms with E-state index in [4.69, 9.17) is 20.9 Å². The Balaban J connectivity index is 4.06. The number of carboxylic acid groups (broad SMARTS) is 1. The molecule has 0 unspecified atom stereocenters. The molecule has 0 aliphatic carbocycles. The largest absolute Gasteiger partial charge is 0.480 e. The van der Waals surface area contributed by atoms with Gasteiger partial charge in [-0.2, -0.15) is 0 Å². The van der Waals surface area contributed by atoms with Gasteiger partial charge in [0.2, 0.25) is 5.91 Å². The van der Waals surface area contributed by atoms with E-state index in [-0.39, 0.29) is 24.0 Å². The van der Waals surface area contributed by atoms with Crippen LogP contribution in [0.15, 0.2) is 0 Å². The third kappa shape index (κ3) is 15.2.